The van der Waals surface area contributed by atoms with Crippen LogP contribution in [0, 0.1) is 0 Å². The molecule has 10 nitrogen and oxygen atoms in total. The molecule has 0 atom stereocenters. The first-order valence-electron chi connectivity index (χ1n) is 11.1. The molecule has 2 fully saturated rings. The molecule has 0 spiro atoms. The fraction of sp³-hybridized carbons (Fsp3) is 0.478. The number of aromatic amines is 1. The monoisotopic (exact) mass is 453 g/mol. The first-order valence-corrected chi connectivity index (χ1v) is 11.1. The van der Waals surface area contributed by atoms with Gasteiger partial charge in [-0.25, -0.2) is 0 Å². The third-order valence-electron chi connectivity index (χ3n) is 6.28. The maximum absolute atomic E-state index is 13.1. The molecule has 0 bridgehead atoms. The fourth-order valence-corrected chi connectivity index (χ4v) is 4.21. The first-order chi connectivity index (χ1) is 16.1. The molecule has 1 aliphatic heterocycles. The Bertz CT molecular complexity index is 1120. The molecular formula is C23H27N5O5. The highest BCUT2D eigenvalue weighted by molar-refractivity contribution is 5.93. The van der Waals surface area contributed by atoms with Crippen molar-refractivity contribution in [2.45, 2.75) is 37.5 Å². The van der Waals surface area contributed by atoms with E-state index < -0.39 is 0 Å². The Balaban J connectivity index is 1.27. The van der Waals surface area contributed by atoms with Crippen LogP contribution in [0.25, 0.3) is 11.3 Å². The number of hydrogen-bond acceptors (Lipinski definition) is 8. The van der Waals surface area contributed by atoms with Gasteiger partial charge in [-0.2, -0.15) is 5.10 Å². The molecule has 0 radical (unpaired) electrons. The van der Waals surface area contributed by atoms with E-state index in [1.54, 1.807) is 39.5 Å². The molecular weight excluding hydrogens is 426 g/mol. The summed E-state index contributed by atoms with van der Waals surface area (Å²) in [4.78, 5) is 14.9. The summed E-state index contributed by atoms with van der Waals surface area (Å²) < 4.78 is 22.1. The Labute approximate surface area is 191 Å². The lowest BCUT2D eigenvalue weighted by Crippen LogP contribution is -2.38. The van der Waals surface area contributed by atoms with Gasteiger partial charge in [0.15, 0.2) is 11.5 Å². The van der Waals surface area contributed by atoms with Crippen LogP contribution >= 0.6 is 0 Å². The van der Waals surface area contributed by atoms with Crippen LogP contribution < -0.4 is 14.2 Å². The van der Waals surface area contributed by atoms with E-state index in [1.807, 2.05) is 4.90 Å². The average molecular weight is 453 g/mol. The van der Waals surface area contributed by atoms with Gasteiger partial charge in [0.1, 0.15) is 5.69 Å². The lowest BCUT2D eigenvalue weighted by atomic mass is 9.96. The predicted octanol–water partition coefficient (Wildman–Crippen LogP) is 3.38. The number of nitrogens with zero attached hydrogens (tertiary/aromatic N) is 4. The number of carbonyl (C=O) groups is 1. The number of rotatable bonds is 7. The quantitative estimate of drug-likeness (QED) is 0.579. The minimum Gasteiger partial charge on any atom is -0.493 e. The highest BCUT2D eigenvalue weighted by atomic mass is 16.5. The van der Waals surface area contributed by atoms with Crippen molar-refractivity contribution in [3.05, 3.63) is 35.7 Å². The topological polar surface area (TPSA) is 116 Å². The Morgan fingerprint density at radius 3 is 2.09 bits per heavy atom. The van der Waals surface area contributed by atoms with Crippen LogP contribution in [-0.4, -0.2) is 65.6 Å². The molecule has 1 N–H and O–H groups in total. The number of likely N-dealkylation sites (tertiary alicyclic amines) is 1. The fourth-order valence-electron chi connectivity index (χ4n) is 4.21. The van der Waals surface area contributed by atoms with Gasteiger partial charge in [-0.15, -0.1) is 10.2 Å². The van der Waals surface area contributed by atoms with Crippen molar-refractivity contribution < 1.29 is 23.4 Å². The summed E-state index contributed by atoms with van der Waals surface area (Å²) >= 11 is 0. The van der Waals surface area contributed by atoms with Crippen LogP contribution in [0.2, 0.25) is 0 Å². The number of amides is 1. The number of ether oxygens (including phenoxy) is 3. The van der Waals surface area contributed by atoms with Crippen molar-refractivity contribution in [3.8, 4) is 28.5 Å². The lowest BCUT2D eigenvalue weighted by Gasteiger charge is -2.30. The molecule has 0 unspecified atom stereocenters. The van der Waals surface area contributed by atoms with Crippen LogP contribution in [0.15, 0.2) is 22.6 Å². The van der Waals surface area contributed by atoms with Crippen molar-refractivity contribution in [3.63, 3.8) is 0 Å². The van der Waals surface area contributed by atoms with Crippen molar-refractivity contribution in [1.29, 1.82) is 0 Å². The van der Waals surface area contributed by atoms with Crippen LogP contribution in [0.1, 0.15) is 59.8 Å². The summed E-state index contributed by atoms with van der Waals surface area (Å²) in [6.07, 6.45) is 3.87. The molecule has 3 heterocycles. The molecule has 1 aromatic carbocycles. The normalized spacial score (nSPS) is 16.6. The molecule has 1 saturated heterocycles. The number of carbonyl (C=O) groups excluding carboxylic acids is 1. The van der Waals surface area contributed by atoms with E-state index in [4.69, 9.17) is 18.6 Å². The minimum absolute atomic E-state index is 0.0798. The standard InChI is InChI=1S/C23H27N5O5/c1-30-18-10-15(11-19(31-2)20(18)32-3)16-12-17(25-24-16)23(29)28-8-6-14(7-9-28)22-27-26-21(33-22)13-4-5-13/h10-14H,4-9H2,1-3H3,(H,24,25). The maximum atomic E-state index is 13.1. The summed E-state index contributed by atoms with van der Waals surface area (Å²) in [6.45, 7) is 1.26. The largest absolute Gasteiger partial charge is 0.493 e. The van der Waals surface area contributed by atoms with E-state index in [2.05, 4.69) is 20.4 Å². The third kappa shape index (κ3) is 4.12. The van der Waals surface area contributed by atoms with Crippen molar-refractivity contribution >= 4 is 5.91 Å². The van der Waals surface area contributed by atoms with Crippen molar-refractivity contribution in [1.82, 2.24) is 25.3 Å². The first kappa shape index (κ1) is 21.3. The second kappa shape index (κ2) is 8.76. The van der Waals surface area contributed by atoms with Gasteiger partial charge in [-0.3, -0.25) is 9.89 Å². The number of hydrogen-bond donors (Lipinski definition) is 1. The van der Waals surface area contributed by atoms with Gasteiger partial charge >= 0.3 is 0 Å². The molecule has 174 valence electrons. The summed E-state index contributed by atoms with van der Waals surface area (Å²) in [6, 6.07) is 5.35. The smallest absolute Gasteiger partial charge is 0.271 e. The second-order valence-electron chi connectivity index (χ2n) is 8.40. The minimum atomic E-state index is -0.0798. The van der Waals surface area contributed by atoms with Gasteiger partial charge < -0.3 is 23.5 Å². The van der Waals surface area contributed by atoms with E-state index in [0.29, 0.717) is 53.5 Å². The zero-order chi connectivity index (χ0) is 22.9. The summed E-state index contributed by atoms with van der Waals surface area (Å²) in [5, 5.41) is 15.6. The van der Waals surface area contributed by atoms with Gasteiger partial charge in [-0.05, 0) is 43.9 Å². The molecule has 2 aromatic heterocycles. The van der Waals surface area contributed by atoms with E-state index in [0.717, 1.165) is 37.1 Å². The second-order valence-corrected chi connectivity index (χ2v) is 8.40. The van der Waals surface area contributed by atoms with Crippen LogP contribution in [0.4, 0.5) is 0 Å². The van der Waals surface area contributed by atoms with E-state index in [-0.39, 0.29) is 11.8 Å². The highest BCUT2D eigenvalue weighted by Gasteiger charge is 2.32. The van der Waals surface area contributed by atoms with Crippen LogP contribution in [0.5, 0.6) is 17.2 Å². The predicted molar refractivity (Wildman–Crippen MR) is 118 cm³/mol. The number of piperidine rings is 1. The molecule has 33 heavy (non-hydrogen) atoms. The van der Waals surface area contributed by atoms with Gasteiger partial charge in [0, 0.05) is 30.5 Å². The maximum Gasteiger partial charge on any atom is 0.271 e. The summed E-state index contributed by atoms with van der Waals surface area (Å²) in [7, 11) is 4.68. The van der Waals surface area contributed by atoms with E-state index >= 15 is 0 Å². The highest BCUT2D eigenvalue weighted by Crippen LogP contribution is 2.41. The summed E-state index contributed by atoms with van der Waals surface area (Å²) in [5.74, 6) is 3.59. The number of aromatic nitrogens is 4. The van der Waals surface area contributed by atoms with E-state index in [9.17, 15) is 4.79 Å². The van der Waals surface area contributed by atoms with Crippen molar-refractivity contribution in [2.24, 2.45) is 0 Å². The molecule has 1 aliphatic carbocycles. The zero-order valence-corrected chi connectivity index (χ0v) is 19.0. The van der Waals surface area contributed by atoms with E-state index in [1.165, 1.54) is 0 Å². The van der Waals surface area contributed by atoms with Crippen LogP contribution in [0.3, 0.4) is 0 Å². The average Bonchev–Trinajstić information content (AvgIpc) is 3.38. The molecule has 2 aliphatic rings. The van der Waals surface area contributed by atoms with Crippen molar-refractivity contribution in [2.75, 3.05) is 34.4 Å². The number of methoxy groups -OCH3 is 3. The molecule has 1 amide bonds. The van der Waals surface area contributed by atoms with Crippen LogP contribution in [-0.2, 0) is 0 Å². The zero-order valence-electron chi connectivity index (χ0n) is 19.0. The Hall–Kier alpha value is -3.56. The molecule has 3 aromatic rings. The number of H-pyrrole nitrogens is 1. The Morgan fingerprint density at radius 2 is 1.55 bits per heavy atom. The number of benzene rings is 1. The third-order valence-corrected chi connectivity index (χ3v) is 6.28. The Kier molecular flexibility index (Phi) is 5.65. The van der Waals surface area contributed by atoms with Gasteiger partial charge in [-0.1, -0.05) is 0 Å². The molecule has 5 rings (SSSR count). The van der Waals surface area contributed by atoms with Gasteiger partial charge in [0.05, 0.1) is 27.0 Å². The lowest BCUT2D eigenvalue weighted by molar-refractivity contribution is 0.0700. The molecule has 1 saturated carbocycles. The SMILES string of the molecule is COc1cc(-c2cc(C(=O)N3CCC(c4nnc(C5CC5)o4)CC3)[nH]n2)cc(OC)c1OC. The molecule has 10 heteroatoms. The van der Waals surface area contributed by atoms with Gasteiger partial charge in [0.2, 0.25) is 17.5 Å². The number of nitrogens with one attached hydrogen (secondary N) is 1. The van der Waals surface area contributed by atoms with Gasteiger partial charge in [0.25, 0.3) is 5.91 Å². The Morgan fingerprint density at radius 1 is 0.939 bits per heavy atom. The summed E-state index contributed by atoms with van der Waals surface area (Å²) in [5.41, 5.74) is 1.80.